The number of amides is 1. The second-order valence-electron chi connectivity index (χ2n) is 7.10. The van der Waals surface area contributed by atoms with Crippen molar-refractivity contribution in [2.75, 3.05) is 11.4 Å². The zero-order chi connectivity index (χ0) is 19.3. The largest absolute Gasteiger partial charge is 0.361 e. The van der Waals surface area contributed by atoms with E-state index in [-0.39, 0.29) is 18.2 Å². The number of halogens is 1. The Hall–Kier alpha value is -3.48. The van der Waals surface area contributed by atoms with Gasteiger partial charge in [-0.1, -0.05) is 17.3 Å². The lowest BCUT2D eigenvalue weighted by molar-refractivity contribution is -0.117. The number of aromatic nitrogens is 3. The Balaban J connectivity index is 1.41. The normalized spacial score (nSPS) is 17.0. The topological polar surface area (TPSA) is 75.0 Å². The van der Waals surface area contributed by atoms with E-state index in [1.165, 1.54) is 11.0 Å². The zero-order valence-electron chi connectivity index (χ0n) is 15.1. The van der Waals surface area contributed by atoms with Crippen LogP contribution in [0, 0.1) is 12.7 Å². The van der Waals surface area contributed by atoms with Crippen molar-refractivity contribution in [3.8, 4) is 11.5 Å². The van der Waals surface area contributed by atoms with Gasteiger partial charge in [0, 0.05) is 36.2 Å². The lowest BCUT2D eigenvalue weighted by Gasteiger charge is -2.17. The van der Waals surface area contributed by atoms with E-state index in [1.54, 1.807) is 12.1 Å². The highest BCUT2D eigenvalue weighted by Gasteiger charge is 2.35. The predicted octanol–water partition coefficient (Wildman–Crippen LogP) is 4.19. The van der Waals surface area contributed by atoms with Crippen LogP contribution in [0.4, 0.5) is 10.1 Å². The predicted molar refractivity (Wildman–Crippen MR) is 102 cm³/mol. The molecule has 0 saturated carbocycles. The van der Waals surface area contributed by atoms with E-state index in [1.807, 2.05) is 37.4 Å². The maximum atomic E-state index is 14.3. The fraction of sp³-hybridized carbons (Fsp3) is 0.190. The molecule has 0 radical (unpaired) electrons. The first-order valence-corrected chi connectivity index (χ1v) is 9.06. The summed E-state index contributed by atoms with van der Waals surface area (Å²) in [6, 6.07) is 12.7. The summed E-state index contributed by atoms with van der Waals surface area (Å²) < 4.78 is 19.7. The van der Waals surface area contributed by atoms with E-state index >= 15 is 0 Å². The van der Waals surface area contributed by atoms with Crippen LogP contribution < -0.4 is 4.90 Å². The van der Waals surface area contributed by atoms with Crippen LogP contribution in [0.5, 0.6) is 0 Å². The third kappa shape index (κ3) is 2.76. The minimum absolute atomic E-state index is 0.146. The summed E-state index contributed by atoms with van der Waals surface area (Å²) in [4.78, 5) is 21.6. The van der Waals surface area contributed by atoms with Crippen LogP contribution in [0.25, 0.3) is 22.4 Å². The highest BCUT2D eigenvalue weighted by molar-refractivity contribution is 5.96. The van der Waals surface area contributed by atoms with Crippen LogP contribution in [0.15, 0.2) is 53.2 Å². The molecule has 1 N–H and O–H groups in total. The van der Waals surface area contributed by atoms with Gasteiger partial charge in [-0.25, -0.2) is 4.39 Å². The van der Waals surface area contributed by atoms with Crippen molar-refractivity contribution >= 4 is 22.5 Å². The molecule has 3 heterocycles. The molecule has 0 aliphatic carbocycles. The molecule has 1 aliphatic rings. The number of fused-ring (bicyclic) bond motifs is 1. The molecule has 140 valence electrons. The van der Waals surface area contributed by atoms with Gasteiger partial charge in [-0.15, -0.1) is 0 Å². The molecule has 0 bridgehead atoms. The third-order valence-corrected chi connectivity index (χ3v) is 5.13. The third-order valence-electron chi connectivity index (χ3n) is 5.13. The Morgan fingerprint density at radius 3 is 2.96 bits per heavy atom. The van der Waals surface area contributed by atoms with Gasteiger partial charge < -0.3 is 14.4 Å². The van der Waals surface area contributed by atoms with Crippen molar-refractivity contribution in [3.05, 3.63) is 65.9 Å². The average molecular weight is 376 g/mol. The Morgan fingerprint density at radius 2 is 2.11 bits per heavy atom. The Kier molecular flexibility index (Phi) is 3.75. The molecule has 2 aromatic carbocycles. The fourth-order valence-electron chi connectivity index (χ4n) is 3.64. The molecule has 1 amide bonds. The van der Waals surface area contributed by atoms with Gasteiger partial charge in [0.1, 0.15) is 5.82 Å². The fourth-order valence-corrected chi connectivity index (χ4v) is 3.64. The molecule has 1 unspecified atom stereocenters. The molecule has 6 nitrogen and oxygen atoms in total. The number of H-pyrrole nitrogens is 1. The summed E-state index contributed by atoms with van der Waals surface area (Å²) in [6.45, 7) is 2.14. The summed E-state index contributed by atoms with van der Waals surface area (Å²) in [6.07, 6.45) is 2.10. The van der Waals surface area contributed by atoms with Gasteiger partial charge in [0.2, 0.25) is 5.91 Å². The van der Waals surface area contributed by atoms with E-state index in [9.17, 15) is 9.18 Å². The molecule has 2 aromatic heterocycles. The molecule has 7 heteroatoms. The Labute approximate surface area is 160 Å². The van der Waals surface area contributed by atoms with Crippen molar-refractivity contribution < 1.29 is 13.7 Å². The number of aryl methyl sites for hydroxylation is 1. The van der Waals surface area contributed by atoms with Gasteiger partial charge in [0.25, 0.3) is 5.89 Å². The number of hydrogen-bond donors (Lipinski definition) is 1. The molecule has 1 atom stereocenters. The standard InChI is InChI=1S/C21H17FN4O2/c1-12-2-5-18(16(22)8-12)26-11-15(10-19(26)27)20-24-21(28-25-20)14-4-3-13-6-7-23-17(13)9-14/h2-9,15,23H,10-11H2,1H3. The number of benzene rings is 2. The number of hydrogen-bond acceptors (Lipinski definition) is 4. The molecule has 28 heavy (non-hydrogen) atoms. The number of rotatable bonds is 3. The molecule has 1 saturated heterocycles. The monoisotopic (exact) mass is 376 g/mol. The highest BCUT2D eigenvalue weighted by atomic mass is 19.1. The molecule has 1 fully saturated rings. The first-order valence-electron chi connectivity index (χ1n) is 9.06. The molecular weight excluding hydrogens is 359 g/mol. The second kappa shape index (κ2) is 6.30. The lowest BCUT2D eigenvalue weighted by Crippen LogP contribution is -2.25. The van der Waals surface area contributed by atoms with E-state index in [2.05, 4.69) is 15.1 Å². The average Bonchev–Trinajstić information content (AvgIpc) is 3.40. The van der Waals surface area contributed by atoms with E-state index in [0.717, 1.165) is 22.0 Å². The van der Waals surface area contributed by atoms with Crippen LogP contribution in [0.2, 0.25) is 0 Å². The molecule has 5 rings (SSSR count). The van der Waals surface area contributed by atoms with Crippen molar-refractivity contribution in [1.82, 2.24) is 15.1 Å². The van der Waals surface area contributed by atoms with Crippen molar-refractivity contribution in [2.24, 2.45) is 0 Å². The SMILES string of the molecule is Cc1ccc(N2CC(c3noc(-c4ccc5cc[nH]c5c4)n3)CC2=O)c(F)c1. The summed E-state index contributed by atoms with van der Waals surface area (Å²) >= 11 is 0. The number of aromatic amines is 1. The van der Waals surface area contributed by atoms with Crippen LogP contribution in [0.3, 0.4) is 0 Å². The van der Waals surface area contributed by atoms with Gasteiger partial charge in [-0.2, -0.15) is 4.98 Å². The smallest absolute Gasteiger partial charge is 0.258 e. The van der Waals surface area contributed by atoms with Crippen LogP contribution in [0.1, 0.15) is 23.7 Å². The van der Waals surface area contributed by atoms with Gasteiger partial charge in [-0.3, -0.25) is 4.79 Å². The minimum atomic E-state index is -0.401. The van der Waals surface area contributed by atoms with Crippen molar-refractivity contribution in [3.63, 3.8) is 0 Å². The summed E-state index contributed by atoms with van der Waals surface area (Å²) in [5.74, 6) is 0.0812. The molecule has 1 aliphatic heterocycles. The minimum Gasteiger partial charge on any atom is -0.361 e. The van der Waals surface area contributed by atoms with Gasteiger partial charge >= 0.3 is 0 Å². The molecular formula is C21H17FN4O2. The number of nitrogens with one attached hydrogen (secondary N) is 1. The maximum Gasteiger partial charge on any atom is 0.258 e. The number of carbonyl (C=O) groups is 1. The number of nitrogens with zero attached hydrogens (tertiary/aromatic N) is 3. The second-order valence-corrected chi connectivity index (χ2v) is 7.10. The van der Waals surface area contributed by atoms with Gasteiger partial charge in [-0.05, 0) is 48.2 Å². The van der Waals surface area contributed by atoms with Crippen molar-refractivity contribution in [1.29, 1.82) is 0 Å². The van der Waals surface area contributed by atoms with Crippen LogP contribution in [-0.2, 0) is 4.79 Å². The Morgan fingerprint density at radius 1 is 1.21 bits per heavy atom. The summed E-state index contributed by atoms with van der Waals surface area (Å²) in [5.41, 5.74) is 2.89. The first kappa shape index (κ1) is 16.7. The Bertz CT molecular complexity index is 1200. The summed E-state index contributed by atoms with van der Waals surface area (Å²) in [5, 5.41) is 5.17. The summed E-state index contributed by atoms with van der Waals surface area (Å²) in [7, 11) is 0. The quantitative estimate of drug-likeness (QED) is 0.582. The van der Waals surface area contributed by atoms with Crippen LogP contribution in [-0.4, -0.2) is 27.6 Å². The molecule has 0 spiro atoms. The van der Waals surface area contributed by atoms with Crippen molar-refractivity contribution in [2.45, 2.75) is 19.3 Å². The van der Waals surface area contributed by atoms with Crippen LogP contribution >= 0.6 is 0 Å². The maximum absolute atomic E-state index is 14.3. The van der Waals surface area contributed by atoms with Gasteiger partial charge in [0.05, 0.1) is 5.69 Å². The first-order chi connectivity index (χ1) is 13.6. The van der Waals surface area contributed by atoms with E-state index in [4.69, 9.17) is 4.52 Å². The number of anilines is 1. The van der Waals surface area contributed by atoms with E-state index < -0.39 is 5.82 Å². The van der Waals surface area contributed by atoms with E-state index in [0.29, 0.717) is 23.9 Å². The zero-order valence-corrected chi connectivity index (χ0v) is 15.1. The number of carbonyl (C=O) groups excluding carboxylic acids is 1. The highest BCUT2D eigenvalue weighted by Crippen LogP contribution is 2.33. The lowest BCUT2D eigenvalue weighted by atomic mass is 10.1. The molecule has 4 aromatic rings. The van der Waals surface area contributed by atoms with Gasteiger partial charge in [0.15, 0.2) is 5.82 Å².